The van der Waals surface area contributed by atoms with E-state index in [4.69, 9.17) is 0 Å². The Kier molecular flexibility index (Phi) is 4.58. The third-order valence-electron chi connectivity index (χ3n) is 6.07. The number of hydrogen-bond acceptors (Lipinski definition) is 4. The van der Waals surface area contributed by atoms with Crippen LogP contribution in [-0.2, 0) is 14.6 Å². The van der Waals surface area contributed by atoms with E-state index >= 15 is 0 Å². The standard InChI is InChI=1S/C20H24N2O4S/c1-2-14-6-8-16(9-7-14)20(24)22-11-10-21(19(23)15-4-3-5-15)17-12-27(25,26)13-18(17)22/h2,6-9,15,17-18H,1,3-5,10-13H2/t17-,18+/m1/s1. The Morgan fingerprint density at radius 1 is 1.00 bits per heavy atom. The number of amides is 2. The lowest BCUT2D eigenvalue weighted by Crippen LogP contribution is -2.63. The van der Waals surface area contributed by atoms with Crippen LogP contribution in [0.1, 0.15) is 35.2 Å². The second-order valence-corrected chi connectivity index (χ2v) is 9.85. The molecule has 7 heteroatoms. The van der Waals surface area contributed by atoms with Crippen LogP contribution in [-0.4, -0.2) is 66.7 Å². The molecule has 1 aromatic carbocycles. The van der Waals surface area contributed by atoms with Gasteiger partial charge in [-0.1, -0.05) is 31.2 Å². The van der Waals surface area contributed by atoms with Crippen LogP contribution < -0.4 is 0 Å². The number of carbonyl (C=O) groups excluding carboxylic acids is 2. The van der Waals surface area contributed by atoms with Gasteiger partial charge >= 0.3 is 0 Å². The minimum absolute atomic E-state index is 0.0302. The van der Waals surface area contributed by atoms with Crippen LogP contribution in [0.5, 0.6) is 0 Å². The monoisotopic (exact) mass is 388 g/mol. The maximum Gasteiger partial charge on any atom is 0.254 e. The number of piperazine rings is 1. The van der Waals surface area contributed by atoms with Gasteiger partial charge in [0.15, 0.2) is 9.84 Å². The molecule has 0 radical (unpaired) electrons. The highest BCUT2D eigenvalue weighted by molar-refractivity contribution is 7.91. The Morgan fingerprint density at radius 3 is 2.15 bits per heavy atom. The van der Waals surface area contributed by atoms with Crippen molar-refractivity contribution in [2.75, 3.05) is 24.6 Å². The zero-order valence-corrected chi connectivity index (χ0v) is 16.0. The van der Waals surface area contributed by atoms with Gasteiger partial charge in [-0.3, -0.25) is 9.59 Å². The van der Waals surface area contributed by atoms with Gasteiger partial charge in [-0.2, -0.15) is 0 Å². The summed E-state index contributed by atoms with van der Waals surface area (Å²) in [4.78, 5) is 29.2. The average molecular weight is 388 g/mol. The highest BCUT2D eigenvalue weighted by Crippen LogP contribution is 2.34. The zero-order valence-electron chi connectivity index (χ0n) is 15.2. The van der Waals surface area contributed by atoms with Crippen molar-refractivity contribution in [3.8, 4) is 0 Å². The van der Waals surface area contributed by atoms with E-state index in [0.29, 0.717) is 18.7 Å². The summed E-state index contributed by atoms with van der Waals surface area (Å²) in [5.41, 5.74) is 1.45. The van der Waals surface area contributed by atoms with Gasteiger partial charge in [-0.25, -0.2) is 8.42 Å². The van der Waals surface area contributed by atoms with Gasteiger partial charge in [0.05, 0.1) is 23.6 Å². The maximum atomic E-state index is 13.0. The number of carbonyl (C=O) groups is 2. The quantitative estimate of drug-likeness (QED) is 0.788. The molecular formula is C20H24N2O4S. The van der Waals surface area contributed by atoms with Gasteiger partial charge in [0, 0.05) is 24.6 Å². The van der Waals surface area contributed by atoms with Gasteiger partial charge in [0.25, 0.3) is 5.91 Å². The van der Waals surface area contributed by atoms with Crippen LogP contribution in [0.3, 0.4) is 0 Å². The first-order chi connectivity index (χ1) is 12.9. The first-order valence-electron chi connectivity index (χ1n) is 9.44. The molecule has 0 unspecified atom stereocenters. The van der Waals surface area contributed by atoms with E-state index < -0.39 is 21.9 Å². The maximum absolute atomic E-state index is 13.0. The molecule has 0 aromatic heterocycles. The minimum Gasteiger partial charge on any atom is -0.335 e. The van der Waals surface area contributed by atoms with E-state index in [0.717, 1.165) is 24.8 Å². The first kappa shape index (κ1) is 18.2. The fourth-order valence-electron chi connectivity index (χ4n) is 4.30. The fourth-order valence-corrected chi connectivity index (χ4v) is 6.28. The zero-order chi connectivity index (χ0) is 19.2. The lowest BCUT2D eigenvalue weighted by Gasteiger charge is -2.45. The normalized spacial score (nSPS) is 27.0. The van der Waals surface area contributed by atoms with Gasteiger partial charge in [-0.15, -0.1) is 0 Å². The molecule has 1 saturated carbocycles. The minimum atomic E-state index is -3.27. The van der Waals surface area contributed by atoms with Crippen LogP contribution in [0.15, 0.2) is 30.8 Å². The molecule has 6 nitrogen and oxygen atoms in total. The molecule has 1 aromatic rings. The number of nitrogens with zero attached hydrogens (tertiary/aromatic N) is 2. The summed E-state index contributed by atoms with van der Waals surface area (Å²) in [7, 11) is -3.27. The summed E-state index contributed by atoms with van der Waals surface area (Å²) in [5, 5.41) is 0. The molecule has 3 fully saturated rings. The molecule has 3 aliphatic rings. The number of rotatable bonds is 3. The largest absolute Gasteiger partial charge is 0.335 e. The number of sulfone groups is 1. The van der Waals surface area contributed by atoms with E-state index in [1.165, 1.54) is 0 Å². The van der Waals surface area contributed by atoms with E-state index in [1.54, 1.807) is 28.0 Å². The molecule has 4 rings (SSSR count). The predicted octanol–water partition coefficient (Wildman–Crippen LogP) is 1.58. The summed E-state index contributed by atoms with van der Waals surface area (Å²) in [5.74, 6) is -0.190. The molecule has 2 amide bonds. The van der Waals surface area contributed by atoms with Gasteiger partial charge < -0.3 is 9.80 Å². The van der Waals surface area contributed by atoms with E-state index in [9.17, 15) is 18.0 Å². The second-order valence-electron chi connectivity index (χ2n) is 7.70. The smallest absolute Gasteiger partial charge is 0.254 e. The molecule has 2 heterocycles. The van der Waals surface area contributed by atoms with Crippen molar-refractivity contribution in [2.24, 2.45) is 5.92 Å². The molecule has 27 heavy (non-hydrogen) atoms. The Hall–Kier alpha value is -2.15. The molecule has 0 N–H and O–H groups in total. The Labute approximate surface area is 159 Å². The van der Waals surface area contributed by atoms with Crippen LogP contribution in [0.25, 0.3) is 6.08 Å². The highest BCUT2D eigenvalue weighted by atomic mass is 32.2. The summed E-state index contributed by atoms with van der Waals surface area (Å²) >= 11 is 0. The van der Waals surface area contributed by atoms with Crippen molar-refractivity contribution in [1.29, 1.82) is 0 Å². The molecule has 0 bridgehead atoms. The molecule has 2 aliphatic heterocycles. The molecular weight excluding hydrogens is 364 g/mol. The van der Waals surface area contributed by atoms with E-state index in [1.807, 2.05) is 12.1 Å². The van der Waals surface area contributed by atoms with E-state index in [-0.39, 0.29) is 29.2 Å². The van der Waals surface area contributed by atoms with Gasteiger partial charge in [-0.05, 0) is 30.5 Å². The van der Waals surface area contributed by atoms with Crippen molar-refractivity contribution in [3.63, 3.8) is 0 Å². The molecule has 2 saturated heterocycles. The second kappa shape index (κ2) is 6.78. The number of benzene rings is 1. The summed E-state index contributed by atoms with van der Waals surface area (Å²) in [6, 6.07) is 6.24. The average Bonchev–Trinajstić information content (AvgIpc) is 2.93. The van der Waals surface area contributed by atoms with Crippen molar-refractivity contribution < 1.29 is 18.0 Å². The first-order valence-corrected chi connectivity index (χ1v) is 11.3. The van der Waals surface area contributed by atoms with Crippen molar-refractivity contribution in [3.05, 3.63) is 42.0 Å². The topological polar surface area (TPSA) is 74.8 Å². The molecule has 2 atom stereocenters. The van der Waals surface area contributed by atoms with Crippen molar-refractivity contribution in [1.82, 2.24) is 9.80 Å². The highest BCUT2D eigenvalue weighted by Gasteiger charge is 2.50. The van der Waals surface area contributed by atoms with Crippen molar-refractivity contribution >= 4 is 27.7 Å². The Morgan fingerprint density at radius 2 is 1.59 bits per heavy atom. The molecule has 144 valence electrons. The summed E-state index contributed by atoms with van der Waals surface area (Å²) in [6.45, 7) is 4.48. The number of hydrogen-bond donors (Lipinski definition) is 0. The Bertz CT molecular complexity index is 874. The lowest BCUT2D eigenvalue weighted by atomic mass is 9.83. The van der Waals surface area contributed by atoms with Gasteiger partial charge in [0.2, 0.25) is 5.91 Å². The van der Waals surface area contributed by atoms with Crippen LogP contribution in [0.2, 0.25) is 0 Å². The molecule has 1 aliphatic carbocycles. The van der Waals surface area contributed by atoms with Crippen molar-refractivity contribution in [2.45, 2.75) is 31.3 Å². The lowest BCUT2D eigenvalue weighted by molar-refractivity contribution is -0.143. The fraction of sp³-hybridized carbons (Fsp3) is 0.500. The van der Waals surface area contributed by atoms with Gasteiger partial charge in [0.1, 0.15) is 0 Å². The predicted molar refractivity (Wildman–Crippen MR) is 103 cm³/mol. The third-order valence-corrected chi connectivity index (χ3v) is 7.77. The van der Waals surface area contributed by atoms with E-state index in [2.05, 4.69) is 6.58 Å². The summed E-state index contributed by atoms with van der Waals surface area (Å²) < 4.78 is 24.6. The third kappa shape index (κ3) is 3.29. The Balaban J connectivity index is 1.58. The molecule has 0 spiro atoms. The number of fused-ring (bicyclic) bond motifs is 1. The SMILES string of the molecule is C=Cc1ccc(C(=O)N2CCN(C(=O)C3CCC3)[C@@H]3CS(=O)(=O)C[C@@H]32)cc1. The summed E-state index contributed by atoms with van der Waals surface area (Å²) in [6.07, 6.45) is 4.54. The van der Waals surface area contributed by atoms with Crippen LogP contribution >= 0.6 is 0 Å². The van der Waals surface area contributed by atoms with Crippen LogP contribution in [0, 0.1) is 5.92 Å². The van der Waals surface area contributed by atoms with Crippen LogP contribution in [0.4, 0.5) is 0 Å².